The summed E-state index contributed by atoms with van der Waals surface area (Å²) in [6.45, 7) is 4.30. The number of hydrogen-bond donors (Lipinski definition) is 2. The molecule has 2 unspecified atom stereocenters. The van der Waals surface area contributed by atoms with Crippen molar-refractivity contribution in [3.63, 3.8) is 0 Å². The highest BCUT2D eigenvalue weighted by Gasteiger charge is 2.24. The van der Waals surface area contributed by atoms with Gasteiger partial charge in [-0.1, -0.05) is 90.9 Å². The molecule has 0 rings (SSSR count). The summed E-state index contributed by atoms with van der Waals surface area (Å²) in [6.07, 6.45) is 11.0. The zero-order valence-corrected chi connectivity index (χ0v) is 16.6. The number of aliphatic carboxylic acids is 2. The number of unbranched alkanes of at least 4 members (excludes halogenated alkanes) is 10. The van der Waals surface area contributed by atoms with Crippen LogP contribution in [0.4, 0.5) is 0 Å². The molecule has 0 aliphatic heterocycles. The molecule has 2 N–H and O–H groups in total. The minimum atomic E-state index is -1.11. The SMILES string of the molecule is CCCCCCCCC(OOC(CCCCCCCC)C(=O)O)C(=O)O. The minimum Gasteiger partial charge on any atom is -0.479 e. The van der Waals surface area contributed by atoms with Gasteiger partial charge in [0.2, 0.25) is 0 Å². The molecule has 0 aliphatic carbocycles. The van der Waals surface area contributed by atoms with Gasteiger partial charge in [-0.3, -0.25) is 0 Å². The van der Waals surface area contributed by atoms with Gasteiger partial charge in [0, 0.05) is 0 Å². The third-order valence-electron chi connectivity index (χ3n) is 4.48. The zero-order chi connectivity index (χ0) is 19.6. The van der Waals surface area contributed by atoms with Crippen molar-refractivity contribution < 1.29 is 29.6 Å². The zero-order valence-electron chi connectivity index (χ0n) is 16.6. The van der Waals surface area contributed by atoms with E-state index in [0.717, 1.165) is 51.4 Å². The van der Waals surface area contributed by atoms with Gasteiger partial charge in [0.05, 0.1) is 0 Å². The molecule has 0 bridgehead atoms. The molecule has 6 nitrogen and oxygen atoms in total. The molecular weight excluding hydrogens is 336 g/mol. The Hall–Kier alpha value is -1.14. The quantitative estimate of drug-likeness (QED) is 0.180. The monoisotopic (exact) mass is 374 g/mol. The maximum atomic E-state index is 11.3. The average molecular weight is 375 g/mol. The highest BCUT2D eigenvalue weighted by Crippen LogP contribution is 2.15. The van der Waals surface area contributed by atoms with Gasteiger partial charge in [-0.15, -0.1) is 0 Å². The molecular formula is C20H38O6. The largest absolute Gasteiger partial charge is 0.479 e. The lowest BCUT2D eigenvalue weighted by atomic mass is 10.1. The van der Waals surface area contributed by atoms with Crippen LogP contribution in [0, 0.1) is 0 Å². The van der Waals surface area contributed by atoms with E-state index in [4.69, 9.17) is 9.78 Å². The summed E-state index contributed by atoms with van der Waals surface area (Å²) < 4.78 is 0. The van der Waals surface area contributed by atoms with Crippen molar-refractivity contribution in [3.8, 4) is 0 Å². The molecule has 0 aromatic heterocycles. The predicted octanol–water partition coefficient (Wildman–Crippen LogP) is 5.34. The third kappa shape index (κ3) is 14.1. The Morgan fingerprint density at radius 1 is 0.615 bits per heavy atom. The van der Waals surface area contributed by atoms with Gasteiger partial charge >= 0.3 is 11.9 Å². The van der Waals surface area contributed by atoms with Crippen LogP contribution in [-0.4, -0.2) is 34.4 Å². The maximum Gasteiger partial charge on any atom is 0.336 e. The molecule has 0 saturated carbocycles. The van der Waals surface area contributed by atoms with Crippen LogP contribution in [0.2, 0.25) is 0 Å². The van der Waals surface area contributed by atoms with Crippen LogP contribution in [0.5, 0.6) is 0 Å². The summed E-state index contributed by atoms with van der Waals surface area (Å²) in [5, 5.41) is 18.4. The first-order valence-electron chi connectivity index (χ1n) is 10.3. The first-order chi connectivity index (χ1) is 12.5. The van der Waals surface area contributed by atoms with Gasteiger partial charge in [-0.2, -0.15) is 0 Å². The summed E-state index contributed by atoms with van der Waals surface area (Å²) >= 11 is 0. The fourth-order valence-electron chi connectivity index (χ4n) is 2.78. The third-order valence-corrected chi connectivity index (χ3v) is 4.48. The number of rotatable bonds is 19. The van der Waals surface area contributed by atoms with E-state index >= 15 is 0 Å². The molecule has 0 amide bonds. The van der Waals surface area contributed by atoms with Crippen LogP contribution < -0.4 is 0 Å². The van der Waals surface area contributed by atoms with Gasteiger partial charge in [0.1, 0.15) is 0 Å². The molecule has 0 radical (unpaired) electrons. The lowest BCUT2D eigenvalue weighted by molar-refractivity contribution is -0.343. The Morgan fingerprint density at radius 2 is 0.923 bits per heavy atom. The highest BCUT2D eigenvalue weighted by atomic mass is 17.2. The Balaban J connectivity index is 4.06. The average Bonchev–Trinajstić information content (AvgIpc) is 2.60. The van der Waals surface area contributed by atoms with Gasteiger partial charge < -0.3 is 10.2 Å². The Kier molecular flexibility index (Phi) is 16.5. The van der Waals surface area contributed by atoms with Gasteiger partial charge in [-0.25, -0.2) is 19.4 Å². The summed E-state index contributed by atoms with van der Waals surface area (Å²) in [4.78, 5) is 32.5. The number of hydrogen-bond acceptors (Lipinski definition) is 4. The summed E-state index contributed by atoms with van der Waals surface area (Å²) in [5.74, 6) is -2.22. The molecule has 26 heavy (non-hydrogen) atoms. The van der Waals surface area contributed by atoms with Gasteiger partial charge in [0.25, 0.3) is 0 Å². The molecule has 0 spiro atoms. The van der Waals surface area contributed by atoms with E-state index in [1.807, 2.05) is 0 Å². The first-order valence-corrected chi connectivity index (χ1v) is 10.3. The van der Waals surface area contributed by atoms with E-state index in [9.17, 15) is 19.8 Å². The van der Waals surface area contributed by atoms with E-state index in [1.165, 1.54) is 25.7 Å². The van der Waals surface area contributed by atoms with E-state index in [-0.39, 0.29) is 0 Å². The molecule has 6 heteroatoms. The Labute approximate surface area is 158 Å². The smallest absolute Gasteiger partial charge is 0.336 e. The van der Waals surface area contributed by atoms with Crippen molar-refractivity contribution in [2.24, 2.45) is 0 Å². The van der Waals surface area contributed by atoms with E-state index in [2.05, 4.69) is 13.8 Å². The van der Waals surface area contributed by atoms with Crippen molar-refractivity contribution in [3.05, 3.63) is 0 Å². The molecule has 0 aliphatic rings. The Bertz CT molecular complexity index is 324. The number of carbonyl (C=O) groups is 2. The standard InChI is InChI=1S/C20H38O6/c1-3-5-7-9-11-13-15-17(19(21)22)25-26-18(20(23)24)16-14-12-10-8-6-4-2/h17-18H,3-16H2,1-2H3,(H,21,22)(H,23,24). The van der Waals surface area contributed by atoms with E-state index in [1.54, 1.807) is 0 Å². The second kappa shape index (κ2) is 17.3. The van der Waals surface area contributed by atoms with E-state index in [0.29, 0.717) is 12.8 Å². The second-order valence-electron chi connectivity index (χ2n) is 6.96. The van der Waals surface area contributed by atoms with Crippen molar-refractivity contribution in [2.75, 3.05) is 0 Å². The fraction of sp³-hybridized carbons (Fsp3) is 0.900. The molecule has 0 saturated heterocycles. The van der Waals surface area contributed by atoms with Crippen molar-refractivity contribution in [1.82, 2.24) is 0 Å². The lowest BCUT2D eigenvalue weighted by Crippen LogP contribution is -2.30. The summed E-state index contributed by atoms with van der Waals surface area (Å²) in [5.41, 5.74) is 0. The van der Waals surface area contributed by atoms with Crippen LogP contribution in [0.15, 0.2) is 0 Å². The van der Waals surface area contributed by atoms with Crippen LogP contribution >= 0.6 is 0 Å². The van der Waals surface area contributed by atoms with Crippen molar-refractivity contribution in [2.45, 2.75) is 116 Å². The van der Waals surface area contributed by atoms with Crippen molar-refractivity contribution in [1.29, 1.82) is 0 Å². The van der Waals surface area contributed by atoms with Gasteiger partial charge in [0.15, 0.2) is 12.2 Å². The maximum absolute atomic E-state index is 11.3. The Morgan fingerprint density at radius 3 is 1.23 bits per heavy atom. The van der Waals surface area contributed by atoms with Crippen LogP contribution in [0.3, 0.4) is 0 Å². The molecule has 154 valence electrons. The van der Waals surface area contributed by atoms with Crippen LogP contribution in [0.1, 0.15) is 104 Å². The second-order valence-corrected chi connectivity index (χ2v) is 6.96. The van der Waals surface area contributed by atoms with Crippen molar-refractivity contribution >= 4 is 11.9 Å². The van der Waals surface area contributed by atoms with Gasteiger partial charge in [-0.05, 0) is 12.8 Å². The molecule has 0 aromatic rings. The summed E-state index contributed by atoms with van der Waals surface area (Å²) in [6, 6.07) is 0. The van der Waals surface area contributed by atoms with Crippen LogP contribution in [-0.2, 0) is 19.4 Å². The molecule has 0 heterocycles. The topological polar surface area (TPSA) is 93.1 Å². The first kappa shape index (κ1) is 24.9. The number of carboxylic acids is 2. The molecule has 0 aromatic carbocycles. The highest BCUT2D eigenvalue weighted by molar-refractivity contribution is 5.73. The molecule has 2 atom stereocenters. The number of carboxylic acid groups (broad SMARTS) is 2. The fourth-order valence-corrected chi connectivity index (χ4v) is 2.78. The van der Waals surface area contributed by atoms with E-state index < -0.39 is 24.1 Å². The lowest BCUT2D eigenvalue weighted by Gasteiger charge is -2.17. The minimum absolute atomic E-state index is 0.338. The van der Waals surface area contributed by atoms with Crippen LogP contribution in [0.25, 0.3) is 0 Å². The summed E-state index contributed by atoms with van der Waals surface area (Å²) in [7, 11) is 0. The normalized spacial score (nSPS) is 13.5. The molecule has 0 fully saturated rings. The predicted molar refractivity (Wildman–Crippen MR) is 101 cm³/mol.